The lowest BCUT2D eigenvalue weighted by molar-refractivity contribution is -0.137. The van der Waals surface area contributed by atoms with Crippen LogP contribution < -0.4 is 0 Å². The van der Waals surface area contributed by atoms with Crippen LogP contribution in [-0.2, 0) is 6.18 Å². The van der Waals surface area contributed by atoms with Gasteiger partial charge in [-0.3, -0.25) is 0 Å². The maximum atomic E-state index is 14.0. The fourth-order valence-corrected chi connectivity index (χ4v) is 7.47. The summed E-state index contributed by atoms with van der Waals surface area (Å²) in [6.07, 6.45) is -4.49. The normalized spacial score (nSPS) is 11.5. The first-order valence-corrected chi connectivity index (χ1v) is 18.1. The number of para-hydroxylation sites is 1. The van der Waals surface area contributed by atoms with Crippen LogP contribution in [0.3, 0.4) is 0 Å². The van der Waals surface area contributed by atoms with Crippen molar-refractivity contribution in [2.24, 2.45) is 0 Å². The second-order valence-corrected chi connectivity index (χ2v) is 13.8. The summed E-state index contributed by atoms with van der Waals surface area (Å²) in [6, 6.07) is 46.0. The molecule has 270 valence electrons. The number of fused-ring (bicyclic) bond motifs is 5. The molecule has 2 aromatic heterocycles. The summed E-state index contributed by atoms with van der Waals surface area (Å²) in [6.45, 7) is 16.7. The van der Waals surface area contributed by atoms with Crippen LogP contribution in [-0.4, -0.2) is 15.0 Å². The van der Waals surface area contributed by atoms with Crippen molar-refractivity contribution < 1.29 is 13.2 Å². The zero-order valence-corrected chi connectivity index (χ0v) is 30.3. The first-order chi connectivity index (χ1) is 27.7. The van der Waals surface area contributed by atoms with Gasteiger partial charge in [0.1, 0.15) is 0 Å². The number of aryl methyl sites for hydroxylation is 1. The predicted octanol–water partition coefficient (Wildman–Crippen LogP) is 14.1. The van der Waals surface area contributed by atoms with Crippen molar-refractivity contribution in [1.82, 2.24) is 15.0 Å². The van der Waals surface area contributed by atoms with Gasteiger partial charge in [0, 0.05) is 21.7 Å². The molecule has 8 heteroatoms. The van der Waals surface area contributed by atoms with E-state index in [1.165, 1.54) is 6.07 Å². The van der Waals surface area contributed by atoms with Crippen molar-refractivity contribution in [3.05, 3.63) is 186 Å². The van der Waals surface area contributed by atoms with E-state index in [4.69, 9.17) is 28.1 Å². The number of hydrogen-bond acceptors (Lipinski definition) is 3. The molecule has 0 aliphatic heterocycles. The van der Waals surface area contributed by atoms with Crippen LogP contribution in [0.25, 0.3) is 98.4 Å². The molecule has 0 fully saturated rings. The van der Waals surface area contributed by atoms with Crippen LogP contribution in [0.2, 0.25) is 0 Å². The molecule has 0 unspecified atom stereocenters. The lowest BCUT2D eigenvalue weighted by Crippen LogP contribution is -2.05. The van der Waals surface area contributed by atoms with E-state index in [0.29, 0.717) is 61.7 Å². The monoisotopic (exact) mass is 743 g/mol. The molecule has 0 N–H and O–H groups in total. The van der Waals surface area contributed by atoms with Gasteiger partial charge in [0.25, 0.3) is 0 Å². The van der Waals surface area contributed by atoms with E-state index in [2.05, 4.69) is 27.9 Å². The van der Waals surface area contributed by atoms with E-state index >= 15 is 0 Å². The van der Waals surface area contributed by atoms with Crippen molar-refractivity contribution >= 4 is 44.1 Å². The highest BCUT2D eigenvalue weighted by Crippen LogP contribution is 2.45. The van der Waals surface area contributed by atoms with E-state index in [1.54, 1.807) is 37.3 Å². The Bertz CT molecular complexity index is 3120. The molecular formula is C49H28F3N5. The number of rotatable bonds is 5. The Morgan fingerprint density at radius 3 is 1.74 bits per heavy atom. The Hall–Kier alpha value is -7.68. The quantitative estimate of drug-likeness (QED) is 0.130. The highest BCUT2D eigenvalue weighted by Gasteiger charge is 2.31. The van der Waals surface area contributed by atoms with Crippen LogP contribution in [0.5, 0.6) is 0 Å². The van der Waals surface area contributed by atoms with Gasteiger partial charge >= 0.3 is 6.18 Å². The minimum Gasteiger partial charge on any atom is -0.247 e. The Morgan fingerprint density at radius 1 is 0.474 bits per heavy atom. The highest BCUT2D eigenvalue weighted by atomic mass is 19.4. The molecule has 5 nitrogen and oxygen atoms in total. The van der Waals surface area contributed by atoms with E-state index < -0.39 is 11.7 Å². The number of pyridine rings is 1. The molecule has 9 rings (SSSR count). The Labute approximate surface area is 326 Å². The molecule has 57 heavy (non-hydrogen) atoms. The number of alkyl halides is 3. The van der Waals surface area contributed by atoms with Crippen molar-refractivity contribution in [2.45, 2.75) is 13.1 Å². The average molecular weight is 744 g/mol. The molecule has 7 aromatic carbocycles. The van der Waals surface area contributed by atoms with Gasteiger partial charge in [-0.1, -0.05) is 121 Å². The molecule has 0 aliphatic carbocycles. The average Bonchev–Trinajstić information content (AvgIpc) is 3.25. The smallest absolute Gasteiger partial charge is 0.247 e. The third-order valence-corrected chi connectivity index (χ3v) is 10.1. The van der Waals surface area contributed by atoms with E-state index in [0.717, 1.165) is 50.0 Å². The molecule has 2 heterocycles. The second kappa shape index (κ2) is 13.9. The van der Waals surface area contributed by atoms with Gasteiger partial charge in [-0.05, 0) is 76.2 Å². The Balaban J connectivity index is 1.42. The molecular weight excluding hydrogens is 716 g/mol. The zero-order valence-electron chi connectivity index (χ0n) is 30.3. The molecule has 0 spiro atoms. The lowest BCUT2D eigenvalue weighted by atomic mass is 9.90. The standard InChI is InChI=1S/C49H28F3N5/c1-29-24-35(27-36(25-29)49(50,51)52)33-12-9-13-34(26-33)45-44-43(39-14-7-8-15-41(39)55-45)40(30-10-5-4-6-11-30)28-42-48(44)57-47(32-18-22-38(54-3)23-19-32)46(56-42)31-16-20-37(53-2)21-17-31/h4-28H,1H3. The number of aromatic nitrogens is 3. The minimum atomic E-state index is -4.49. The summed E-state index contributed by atoms with van der Waals surface area (Å²) < 4.78 is 41.9. The van der Waals surface area contributed by atoms with Crippen molar-refractivity contribution in [2.75, 3.05) is 0 Å². The van der Waals surface area contributed by atoms with Gasteiger partial charge in [-0.2, -0.15) is 13.2 Å². The Kier molecular flexibility index (Phi) is 8.53. The van der Waals surface area contributed by atoms with E-state index in [9.17, 15) is 13.2 Å². The molecule has 0 radical (unpaired) electrons. The summed E-state index contributed by atoms with van der Waals surface area (Å²) >= 11 is 0. The Morgan fingerprint density at radius 2 is 1.07 bits per heavy atom. The SMILES string of the molecule is [C-]#[N+]c1ccc(-c2nc3cc(-c4ccccc4)c4c5ccccc5nc(-c5cccc(-c6cc(C)cc(C(F)(F)F)c6)c5)c4c3nc2-c2ccc([N+]#[C-])cc2)cc1. The van der Waals surface area contributed by atoms with Crippen LogP contribution in [0.4, 0.5) is 24.5 Å². The number of benzene rings is 7. The first-order valence-electron chi connectivity index (χ1n) is 18.1. The fraction of sp³-hybridized carbons (Fsp3) is 0.0408. The molecule has 0 amide bonds. The summed E-state index contributed by atoms with van der Waals surface area (Å²) in [4.78, 5) is 23.2. The van der Waals surface area contributed by atoms with Gasteiger partial charge in [0.15, 0.2) is 11.4 Å². The van der Waals surface area contributed by atoms with Crippen LogP contribution in [0.1, 0.15) is 11.1 Å². The molecule has 0 bridgehead atoms. The van der Waals surface area contributed by atoms with Gasteiger partial charge < -0.3 is 0 Å². The van der Waals surface area contributed by atoms with Crippen molar-refractivity contribution in [3.63, 3.8) is 0 Å². The zero-order chi connectivity index (χ0) is 39.3. The van der Waals surface area contributed by atoms with Gasteiger partial charge in [-0.25, -0.2) is 24.6 Å². The fourth-order valence-electron chi connectivity index (χ4n) is 7.47. The maximum absolute atomic E-state index is 14.0. The molecule has 0 saturated carbocycles. The molecule has 0 saturated heterocycles. The van der Waals surface area contributed by atoms with Gasteiger partial charge in [-0.15, -0.1) is 0 Å². The summed E-state index contributed by atoms with van der Waals surface area (Å²) in [5.41, 5.74) is 9.67. The van der Waals surface area contributed by atoms with E-state index in [-0.39, 0.29) is 0 Å². The first kappa shape index (κ1) is 35.0. The second-order valence-electron chi connectivity index (χ2n) is 13.8. The highest BCUT2D eigenvalue weighted by molar-refractivity contribution is 6.25. The van der Waals surface area contributed by atoms with Crippen LogP contribution in [0, 0.1) is 20.1 Å². The summed E-state index contributed by atoms with van der Waals surface area (Å²) in [7, 11) is 0. The number of hydrogen-bond donors (Lipinski definition) is 0. The topological polar surface area (TPSA) is 47.4 Å². The number of halogens is 3. The maximum Gasteiger partial charge on any atom is 0.416 e. The van der Waals surface area contributed by atoms with E-state index in [1.807, 2.05) is 91.0 Å². The minimum absolute atomic E-state index is 0.447. The van der Waals surface area contributed by atoms with Crippen molar-refractivity contribution in [3.8, 4) is 56.0 Å². The third kappa shape index (κ3) is 6.40. The summed E-state index contributed by atoms with van der Waals surface area (Å²) in [5.74, 6) is 0. The van der Waals surface area contributed by atoms with Gasteiger partial charge in [0.2, 0.25) is 0 Å². The summed E-state index contributed by atoms with van der Waals surface area (Å²) in [5, 5.41) is 2.56. The largest absolute Gasteiger partial charge is 0.416 e. The molecule has 9 aromatic rings. The van der Waals surface area contributed by atoms with Crippen molar-refractivity contribution in [1.29, 1.82) is 0 Å². The van der Waals surface area contributed by atoms with Crippen LogP contribution in [0.15, 0.2) is 152 Å². The third-order valence-electron chi connectivity index (χ3n) is 10.1. The predicted molar refractivity (Wildman–Crippen MR) is 222 cm³/mol. The number of nitrogens with zero attached hydrogens (tertiary/aromatic N) is 5. The molecule has 0 aliphatic rings. The molecule has 0 atom stereocenters. The van der Waals surface area contributed by atoms with Crippen LogP contribution >= 0.6 is 0 Å². The lowest BCUT2D eigenvalue weighted by Gasteiger charge is -2.18. The van der Waals surface area contributed by atoms with Gasteiger partial charge in [0.05, 0.1) is 52.3 Å².